The van der Waals surface area contributed by atoms with E-state index in [-0.39, 0.29) is 13.2 Å². The zero-order chi connectivity index (χ0) is 11.5. The Morgan fingerprint density at radius 2 is 2.07 bits per heavy atom. The molecule has 0 aliphatic heterocycles. The third kappa shape index (κ3) is 4.81. The Morgan fingerprint density at radius 3 is 2.47 bits per heavy atom. The fraction of sp³-hybridized carbons (Fsp3) is 1.00. The highest BCUT2D eigenvalue weighted by Crippen LogP contribution is 2.23. The van der Waals surface area contributed by atoms with Crippen molar-refractivity contribution in [1.82, 2.24) is 5.32 Å². The summed E-state index contributed by atoms with van der Waals surface area (Å²) in [5, 5.41) is 11.9. The van der Waals surface area contributed by atoms with Crippen LogP contribution in [0.5, 0.6) is 0 Å². The minimum atomic E-state index is -4.33. The van der Waals surface area contributed by atoms with Gasteiger partial charge in [-0.2, -0.15) is 13.2 Å². The predicted molar refractivity (Wildman–Crippen MR) is 48.5 cm³/mol. The van der Waals surface area contributed by atoms with Crippen LogP contribution in [0.25, 0.3) is 0 Å². The van der Waals surface area contributed by atoms with Crippen molar-refractivity contribution < 1.29 is 23.0 Å². The topological polar surface area (TPSA) is 41.5 Å². The highest BCUT2D eigenvalue weighted by atomic mass is 19.4. The number of hydrogen-bond donors (Lipinski definition) is 2. The molecule has 2 N–H and O–H groups in total. The maximum atomic E-state index is 12.1. The van der Waals surface area contributed by atoms with Crippen LogP contribution in [0, 0.1) is 0 Å². The van der Waals surface area contributed by atoms with Crippen LogP contribution < -0.4 is 5.32 Å². The van der Waals surface area contributed by atoms with Crippen LogP contribution in [0.2, 0.25) is 0 Å². The zero-order valence-electron chi connectivity index (χ0n) is 8.55. The number of halogens is 3. The molecule has 6 heteroatoms. The fourth-order valence-corrected chi connectivity index (χ4v) is 1.09. The molecule has 1 fully saturated rings. The molecule has 0 saturated heterocycles. The molecule has 1 saturated carbocycles. The van der Waals surface area contributed by atoms with Crippen LogP contribution in [0.4, 0.5) is 13.2 Å². The molecular weight excluding hydrogens is 211 g/mol. The van der Waals surface area contributed by atoms with Gasteiger partial charge < -0.3 is 15.2 Å². The van der Waals surface area contributed by atoms with E-state index in [1.54, 1.807) is 0 Å². The van der Waals surface area contributed by atoms with Crippen molar-refractivity contribution in [3.05, 3.63) is 0 Å². The second-order valence-corrected chi connectivity index (χ2v) is 3.84. The lowest BCUT2D eigenvalue weighted by atomic mass is 10.3. The number of aliphatic hydroxyl groups is 1. The van der Waals surface area contributed by atoms with Gasteiger partial charge in [-0.25, -0.2) is 0 Å². The molecule has 0 spiro atoms. The first-order valence-electron chi connectivity index (χ1n) is 4.98. The first kappa shape index (κ1) is 12.7. The normalized spacial score (nSPS) is 21.4. The van der Waals surface area contributed by atoms with Crippen LogP contribution in [0.1, 0.15) is 19.8 Å². The van der Waals surface area contributed by atoms with Gasteiger partial charge in [-0.05, 0) is 19.8 Å². The standard InChI is InChI=1S/C9H16F3NO2/c1-6(9(10,11)12)15-5-8(4-14)13-7-2-3-7/h6-8,13-14H,2-5H2,1H3. The zero-order valence-corrected chi connectivity index (χ0v) is 8.55. The van der Waals surface area contributed by atoms with E-state index < -0.39 is 18.3 Å². The molecule has 0 heterocycles. The first-order chi connectivity index (χ1) is 6.93. The smallest absolute Gasteiger partial charge is 0.395 e. The molecule has 15 heavy (non-hydrogen) atoms. The molecule has 1 rings (SSSR count). The summed E-state index contributed by atoms with van der Waals surface area (Å²) in [6, 6.07) is -0.0609. The van der Waals surface area contributed by atoms with Crippen LogP contribution in [-0.4, -0.2) is 42.7 Å². The molecule has 0 aromatic heterocycles. The van der Waals surface area contributed by atoms with Crippen molar-refractivity contribution in [1.29, 1.82) is 0 Å². The van der Waals surface area contributed by atoms with E-state index in [1.165, 1.54) is 0 Å². The highest BCUT2D eigenvalue weighted by molar-refractivity contribution is 4.84. The minimum absolute atomic E-state index is 0.117. The van der Waals surface area contributed by atoms with Gasteiger partial charge >= 0.3 is 6.18 Å². The van der Waals surface area contributed by atoms with Crippen molar-refractivity contribution in [3.8, 4) is 0 Å². The minimum Gasteiger partial charge on any atom is -0.395 e. The van der Waals surface area contributed by atoms with Gasteiger partial charge in [0.25, 0.3) is 0 Å². The van der Waals surface area contributed by atoms with E-state index in [0.717, 1.165) is 19.8 Å². The molecule has 0 amide bonds. The monoisotopic (exact) mass is 227 g/mol. The third-order valence-electron chi connectivity index (χ3n) is 2.28. The van der Waals surface area contributed by atoms with E-state index in [0.29, 0.717) is 6.04 Å². The first-order valence-corrected chi connectivity index (χ1v) is 4.98. The summed E-state index contributed by atoms with van der Waals surface area (Å²) in [6.45, 7) is 0.639. The summed E-state index contributed by atoms with van der Waals surface area (Å²) < 4.78 is 40.9. The molecule has 2 atom stereocenters. The highest BCUT2D eigenvalue weighted by Gasteiger charge is 2.37. The fourth-order valence-electron chi connectivity index (χ4n) is 1.09. The Bertz CT molecular complexity index is 194. The summed E-state index contributed by atoms with van der Waals surface area (Å²) in [7, 11) is 0. The average Bonchev–Trinajstić information content (AvgIpc) is 2.93. The largest absolute Gasteiger partial charge is 0.414 e. The van der Waals surface area contributed by atoms with E-state index in [1.807, 2.05) is 0 Å². The molecule has 1 aliphatic rings. The Balaban J connectivity index is 2.20. The van der Waals surface area contributed by atoms with E-state index in [2.05, 4.69) is 10.1 Å². The molecule has 0 aromatic rings. The lowest BCUT2D eigenvalue weighted by Gasteiger charge is -2.21. The third-order valence-corrected chi connectivity index (χ3v) is 2.28. The van der Waals surface area contributed by atoms with Crippen LogP contribution in [0.3, 0.4) is 0 Å². The second-order valence-electron chi connectivity index (χ2n) is 3.84. The quantitative estimate of drug-likeness (QED) is 0.713. The lowest BCUT2D eigenvalue weighted by Crippen LogP contribution is -2.41. The van der Waals surface area contributed by atoms with E-state index >= 15 is 0 Å². The molecular formula is C9H16F3NO2. The summed E-state index contributed by atoms with van der Waals surface area (Å²) in [6.07, 6.45) is -4.08. The van der Waals surface area contributed by atoms with Gasteiger partial charge in [-0.1, -0.05) is 0 Å². The van der Waals surface area contributed by atoms with Gasteiger partial charge in [-0.3, -0.25) is 0 Å². The van der Waals surface area contributed by atoms with Crippen LogP contribution in [-0.2, 0) is 4.74 Å². The maximum Gasteiger partial charge on any atom is 0.414 e. The van der Waals surface area contributed by atoms with Gasteiger partial charge in [0.05, 0.1) is 19.3 Å². The van der Waals surface area contributed by atoms with Crippen LogP contribution in [0.15, 0.2) is 0 Å². The molecule has 1 aliphatic carbocycles. The van der Waals surface area contributed by atoms with Crippen molar-refractivity contribution in [2.75, 3.05) is 13.2 Å². The van der Waals surface area contributed by atoms with E-state index in [9.17, 15) is 13.2 Å². The van der Waals surface area contributed by atoms with Gasteiger partial charge in [-0.15, -0.1) is 0 Å². The molecule has 2 unspecified atom stereocenters. The number of ether oxygens (including phenoxy) is 1. The Hall–Kier alpha value is -0.330. The Kier molecular flexibility index (Phi) is 4.36. The number of nitrogens with one attached hydrogen (secondary N) is 1. The lowest BCUT2D eigenvalue weighted by molar-refractivity contribution is -0.216. The van der Waals surface area contributed by atoms with Crippen molar-refractivity contribution in [2.45, 2.75) is 44.1 Å². The SMILES string of the molecule is CC(OCC(CO)NC1CC1)C(F)(F)F. The van der Waals surface area contributed by atoms with Gasteiger partial charge in [0.1, 0.15) is 0 Å². The van der Waals surface area contributed by atoms with Gasteiger partial charge in [0, 0.05) is 6.04 Å². The number of alkyl halides is 3. The predicted octanol–water partition coefficient (Wildman–Crippen LogP) is 1.07. The summed E-state index contributed by atoms with van der Waals surface area (Å²) in [5.74, 6) is 0. The second kappa shape index (κ2) is 5.14. The molecule has 3 nitrogen and oxygen atoms in total. The van der Waals surface area contributed by atoms with Crippen molar-refractivity contribution >= 4 is 0 Å². The van der Waals surface area contributed by atoms with Crippen molar-refractivity contribution in [3.63, 3.8) is 0 Å². The molecule has 90 valence electrons. The van der Waals surface area contributed by atoms with Gasteiger partial charge in [0.2, 0.25) is 0 Å². The Morgan fingerprint density at radius 1 is 1.47 bits per heavy atom. The Labute approximate surface area is 86.6 Å². The molecule has 0 aromatic carbocycles. The van der Waals surface area contributed by atoms with E-state index in [4.69, 9.17) is 5.11 Å². The molecule has 0 radical (unpaired) electrons. The number of rotatable bonds is 6. The maximum absolute atomic E-state index is 12.1. The summed E-state index contributed by atoms with van der Waals surface area (Å²) >= 11 is 0. The molecule has 0 bridgehead atoms. The number of aliphatic hydroxyl groups excluding tert-OH is 1. The summed E-state index contributed by atoms with van der Waals surface area (Å²) in [4.78, 5) is 0. The number of hydrogen-bond acceptors (Lipinski definition) is 3. The van der Waals surface area contributed by atoms with Crippen LogP contribution >= 0.6 is 0 Å². The average molecular weight is 227 g/mol. The summed E-state index contributed by atoms with van der Waals surface area (Å²) in [5.41, 5.74) is 0. The van der Waals surface area contributed by atoms with Crippen molar-refractivity contribution in [2.24, 2.45) is 0 Å². The van der Waals surface area contributed by atoms with Gasteiger partial charge in [0.15, 0.2) is 6.10 Å².